The molecule has 3 rings (SSSR count). The van der Waals surface area contributed by atoms with Gasteiger partial charge >= 0.3 is 0 Å². The molecule has 0 atom stereocenters. The molecule has 3 nitrogen and oxygen atoms in total. The Hall–Kier alpha value is -2.55. The van der Waals surface area contributed by atoms with Crippen LogP contribution in [0.5, 0.6) is 17.2 Å². The largest absolute Gasteiger partial charge is 0.508 e. The van der Waals surface area contributed by atoms with Gasteiger partial charge in [-0.05, 0) is 48.5 Å². The molecule has 0 bridgehead atoms. The van der Waals surface area contributed by atoms with E-state index in [2.05, 4.69) is 4.98 Å². The van der Waals surface area contributed by atoms with Gasteiger partial charge in [-0.1, -0.05) is 6.07 Å². The van der Waals surface area contributed by atoms with Crippen molar-refractivity contribution in [3.05, 3.63) is 60.8 Å². The van der Waals surface area contributed by atoms with Crippen LogP contribution >= 0.6 is 0 Å². The van der Waals surface area contributed by atoms with Crippen LogP contribution in [0, 0.1) is 0 Å². The molecule has 0 radical (unpaired) electrons. The molecule has 0 aliphatic heterocycles. The fourth-order valence-corrected chi connectivity index (χ4v) is 1.81. The van der Waals surface area contributed by atoms with Gasteiger partial charge in [-0.25, -0.2) is 0 Å². The summed E-state index contributed by atoms with van der Waals surface area (Å²) in [5.41, 5.74) is 0.897. The Morgan fingerprint density at radius 3 is 2.56 bits per heavy atom. The molecule has 1 heterocycles. The summed E-state index contributed by atoms with van der Waals surface area (Å²) < 4.78 is 5.80. The summed E-state index contributed by atoms with van der Waals surface area (Å²) in [4.78, 5) is 4.28. The zero-order valence-electron chi connectivity index (χ0n) is 9.58. The quantitative estimate of drug-likeness (QED) is 0.738. The third-order valence-electron chi connectivity index (χ3n) is 2.67. The Balaban J connectivity index is 2.02. The zero-order valence-corrected chi connectivity index (χ0v) is 9.58. The number of hydrogen-bond acceptors (Lipinski definition) is 3. The number of hydrogen-bond donors (Lipinski definition) is 1. The number of fused-ring (bicyclic) bond motifs is 1. The number of phenolic OH excluding ortho intramolecular Hbond substituents is 1. The maximum Gasteiger partial charge on any atom is 0.136 e. The fourth-order valence-electron chi connectivity index (χ4n) is 1.81. The smallest absolute Gasteiger partial charge is 0.136 e. The van der Waals surface area contributed by atoms with Crippen LogP contribution in [0.4, 0.5) is 0 Å². The first-order valence-corrected chi connectivity index (χ1v) is 5.63. The number of pyridine rings is 1. The first kappa shape index (κ1) is 10.6. The minimum Gasteiger partial charge on any atom is -0.508 e. The van der Waals surface area contributed by atoms with Crippen molar-refractivity contribution in [2.45, 2.75) is 0 Å². The van der Waals surface area contributed by atoms with Gasteiger partial charge in [0.1, 0.15) is 17.2 Å². The van der Waals surface area contributed by atoms with Crippen molar-refractivity contribution in [2.75, 3.05) is 0 Å². The Morgan fingerprint density at radius 1 is 0.889 bits per heavy atom. The number of nitrogens with zero attached hydrogens (tertiary/aromatic N) is 1. The van der Waals surface area contributed by atoms with Gasteiger partial charge in [0.05, 0.1) is 5.52 Å². The van der Waals surface area contributed by atoms with Crippen LogP contribution in [0.25, 0.3) is 10.9 Å². The van der Waals surface area contributed by atoms with Gasteiger partial charge in [-0.3, -0.25) is 4.98 Å². The molecular formula is C15H11NO2. The molecule has 0 saturated heterocycles. The van der Waals surface area contributed by atoms with E-state index in [9.17, 15) is 5.11 Å². The normalized spacial score (nSPS) is 10.4. The summed E-state index contributed by atoms with van der Waals surface area (Å²) in [6.07, 6.45) is 1.76. The Kier molecular flexibility index (Phi) is 2.57. The monoisotopic (exact) mass is 237 g/mol. The van der Waals surface area contributed by atoms with Gasteiger partial charge in [-0.2, -0.15) is 0 Å². The van der Waals surface area contributed by atoms with E-state index in [0.717, 1.165) is 16.7 Å². The SMILES string of the molecule is Oc1ccc(Oc2cccc3ncccc23)cc1. The zero-order chi connectivity index (χ0) is 12.4. The van der Waals surface area contributed by atoms with Crippen LogP contribution in [0.15, 0.2) is 60.8 Å². The van der Waals surface area contributed by atoms with Gasteiger partial charge in [0.15, 0.2) is 0 Å². The summed E-state index contributed by atoms with van der Waals surface area (Å²) in [6.45, 7) is 0. The van der Waals surface area contributed by atoms with E-state index in [4.69, 9.17) is 4.74 Å². The van der Waals surface area contributed by atoms with Crippen molar-refractivity contribution < 1.29 is 9.84 Å². The molecule has 0 aliphatic carbocycles. The molecule has 2 aromatic carbocycles. The van der Waals surface area contributed by atoms with E-state index in [-0.39, 0.29) is 5.75 Å². The molecular weight excluding hydrogens is 226 g/mol. The first-order chi connectivity index (χ1) is 8.83. The molecule has 0 unspecified atom stereocenters. The van der Waals surface area contributed by atoms with Crippen molar-refractivity contribution in [1.82, 2.24) is 4.98 Å². The van der Waals surface area contributed by atoms with E-state index < -0.39 is 0 Å². The second kappa shape index (κ2) is 4.37. The van der Waals surface area contributed by atoms with E-state index >= 15 is 0 Å². The van der Waals surface area contributed by atoms with Crippen molar-refractivity contribution in [3.63, 3.8) is 0 Å². The average Bonchev–Trinajstić information content (AvgIpc) is 2.42. The minimum absolute atomic E-state index is 0.224. The second-order valence-corrected chi connectivity index (χ2v) is 3.92. The lowest BCUT2D eigenvalue weighted by Crippen LogP contribution is -1.86. The maximum absolute atomic E-state index is 9.23. The Labute approximate surface area is 104 Å². The highest BCUT2D eigenvalue weighted by atomic mass is 16.5. The number of benzene rings is 2. The lowest BCUT2D eigenvalue weighted by atomic mass is 10.2. The molecule has 0 aliphatic rings. The summed E-state index contributed by atoms with van der Waals surface area (Å²) >= 11 is 0. The van der Waals surface area contributed by atoms with Crippen LogP contribution in [0.1, 0.15) is 0 Å². The predicted molar refractivity (Wildman–Crippen MR) is 69.9 cm³/mol. The van der Waals surface area contributed by atoms with Gasteiger partial charge in [-0.15, -0.1) is 0 Å². The first-order valence-electron chi connectivity index (χ1n) is 5.63. The minimum atomic E-state index is 0.224. The lowest BCUT2D eigenvalue weighted by molar-refractivity contribution is 0.466. The van der Waals surface area contributed by atoms with Crippen LogP contribution in [-0.4, -0.2) is 10.1 Å². The van der Waals surface area contributed by atoms with Crippen molar-refractivity contribution in [2.24, 2.45) is 0 Å². The summed E-state index contributed by atoms with van der Waals surface area (Å²) in [5.74, 6) is 1.66. The highest BCUT2D eigenvalue weighted by Crippen LogP contribution is 2.29. The molecule has 0 saturated carbocycles. The van der Waals surface area contributed by atoms with Crippen molar-refractivity contribution >= 4 is 10.9 Å². The number of rotatable bonds is 2. The standard InChI is InChI=1S/C15H11NO2/c17-11-6-8-12(9-7-11)18-15-5-1-4-14-13(15)3-2-10-16-14/h1-10,17H. The fraction of sp³-hybridized carbons (Fsp3) is 0. The lowest BCUT2D eigenvalue weighted by Gasteiger charge is -2.08. The average molecular weight is 237 g/mol. The van der Waals surface area contributed by atoms with Crippen LogP contribution < -0.4 is 4.74 Å². The predicted octanol–water partition coefficient (Wildman–Crippen LogP) is 3.73. The highest BCUT2D eigenvalue weighted by molar-refractivity contribution is 5.85. The molecule has 0 fully saturated rings. The van der Waals surface area contributed by atoms with Gasteiger partial charge in [0.25, 0.3) is 0 Å². The topological polar surface area (TPSA) is 42.4 Å². The second-order valence-electron chi connectivity index (χ2n) is 3.92. The highest BCUT2D eigenvalue weighted by Gasteiger charge is 2.03. The maximum atomic E-state index is 9.23. The Bertz CT molecular complexity index is 672. The van der Waals surface area contributed by atoms with Gasteiger partial charge < -0.3 is 9.84 Å². The van der Waals surface area contributed by atoms with Crippen molar-refractivity contribution in [1.29, 1.82) is 0 Å². The summed E-state index contributed by atoms with van der Waals surface area (Å²) in [6, 6.07) is 16.2. The molecule has 18 heavy (non-hydrogen) atoms. The molecule has 0 amide bonds. The molecule has 1 aromatic heterocycles. The van der Waals surface area contributed by atoms with Gasteiger partial charge in [0, 0.05) is 11.6 Å². The van der Waals surface area contributed by atoms with Crippen LogP contribution in [0.3, 0.4) is 0 Å². The van der Waals surface area contributed by atoms with Crippen LogP contribution in [0.2, 0.25) is 0 Å². The molecule has 88 valence electrons. The van der Waals surface area contributed by atoms with E-state index in [1.165, 1.54) is 0 Å². The van der Waals surface area contributed by atoms with E-state index in [1.54, 1.807) is 30.5 Å². The molecule has 3 heteroatoms. The number of aromatic hydroxyl groups is 1. The third-order valence-corrected chi connectivity index (χ3v) is 2.67. The van der Waals surface area contributed by atoms with E-state index in [1.807, 2.05) is 30.3 Å². The summed E-state index contributed by atoms with van der Waals surface area (Å²) in [5, 5.41) is 10.2. The molecule has 0 spiro atoms. The summed E-state index contributed by atoms with van der Waals surface area (Å²) in [7, 11) is 0. The van der Waals surface area contributed by atoms with Crippen LogP contribution in [-0.2, 0) is 0 Å². The van der Waals surface area contributed by atoms with Crippen molar-refractivity contribution in [3.8, 4) is 17.2 Å². The van der Waals surface area contributed by atoms with Gasteiger partial charge in [0.2, 0.25) is 0 Å². The van der Waals surface area contributed by atoms with E-state index in [0.29, 0.717) is 5.75 Å². The number of ether oxygens (including phenoxy) is 1. The molecule has 1 N–H and O–H groups in total. The third kappa shape index (κ3) is 1.98. The molecule has 3 aromatic rings. The Morgan fingerprint density at radius 2 is 1.72 bits per heavy atom. The number of phenols is 1. The number of aromatic nitrogens is 1.